The number of hydrogen-bond donors (Lipinski definition) is 3. The molecule has 1 heterocycles. The van der Waals surface area contributed by atoms with Crippen LogP contribution in [0.3, 0.4) is 0 Å². The van der Waals surface area contributed by atoms with Gasteiger partial charge in [0, 0.05) is 19.3 Å². The number of H-pyrrole nitrogens is 1. The van der Waals surface area contributed by atoms with E-state index in [1.165, 1.54) is 6.33 Å². The monoisotopic (exact) mass is 239 g/mol. The summed E-state index contributed by atoms with van der Waals surface area (Å²) in [4.78, 5) is 7.87. The van der Waals surface area contributed by atoms with Crippen LogP contribution in [0, 0.1) is 11.5 Å². The number of aromatic amines is 1. The Morgan fingerprint density at radius 1 is 1.75 bits per heavy atom. The summed E-state index contributed by atoms with van der Waals surface area (Å²) in [5.74, 6) is 3.05. The number of rotatable bonds is 5. The smallest absolute Gasteiger partial charge is 0.204 e. The summed E-state index contributed by atoms with van der Waals surface area (Å²) in [6.45, 7) is 0.736. The maximum absolute atomic E-state index is 8.39. The van der Waals surface area contributed by atoms with Crippen molar-refractivity contribution in [3.05, 3.63) is 12.2 Å². The minimum absolute atomic E-state index is 0.489. The van der Waals surface area contributed by atoms with Crippen LogP contribution in [0.1, 0.15) is 5.82 Å². The molecule has 0 aliphatic carbocycles. The molecule has 0 aromatic carbocycles. The molecule has 16 heavy (non-hydrogen) atoms. The maximum Gasteiger partial charge on any atom is 0.204 e. The number of aliphatic imine (C=N–C) groups is 1. The average molecular weight is 239 g/mol. The molecule has 0 radical (unpaired) electrons. The molecule has 0 atom stereocenters. The Morgan fingerprint density at radius 2 is 2.62 bits per heavy atom. The Kier molecular flexibility index (Phi) is 5.80. The highest BCUT2D eigenvalue weighted by Crippen LogP contribution is 2.05. The van der Waals surface area contributed by atoms with Crippen molar-refractivity contribution in [2.75, 3.05) is 19.3 Å². The van der Waals surface area contributed by atoms with Crippen LogP contribution < -0.4 is 10.6 Å². The molecule has 0 spiro atoms. The summed E-state index contributed by atoms with van der Waals surface area (Å²) >= 11 is 1.72. The Labute approximate surface area is 97.7 Å². The highest BCUT2D eigenvalue weighted by molar-refractivity contribution is 7.98. The van der Waals surface area contributed by atoms with E-state index in [2.05, 4.69) is 30.8 Å². The molecule has 1 aromatic heterocycles. The van der Waals surface area contributed by atoms with Gasteiger partial charge in [-0.3, -0.25) is 15.4 Å². The minimum Gasteiger partial charge on any atom is -0.355 e. The summed E-state index contributed by atoms with van der Waals surface area (Å²) in [6, 6.07) is 0. The largest absolute Gasteiger partial charge is 0.355 e. The minimum atomic E-state index is 0.489. The number of hydrogen-bond acceptors (Lipinski definition) is 5. The van der Waals surface area contributed by atoms with Gasteiger partial charge in [-0.25, -0.2) is 4.98 Å². The van der Waals surface area contributed by atoms with Crippen LogP contribution in [0.5, 0.6) is 0 Å². The molecule has 1 rings (SSSR count). The predicted molar refractivity (Wildman–Crippen MR) is 62.7 cm³/mol. The van der Waals surface area contributed by atoms with Crippen molar-refractivity contribution in [1.29, 1.82) is 5.26 Å². The third-order valence-corrected chi connectivity index (χ3v) is 2.61. The van der Waals surface area contributed by atoms with Crippen LogP contribution in [0.2, 0.25) is 0 Å². The number of nitriles is 1. The molecule has 0 amide bonds. The van der Waals surface area contributed by atoms with E-state index >= 15 is 0 Å². The normalized spacial score (nSPS) is 10.9. The third-order valence-electron chi connectivity index (χ3n) is 1.64. The molecule has 0 saturated heterocycles. The lowest BCUT2D eigenvalue weighted by molar-refractivity contribution is 0.929. The van der Waals surface area contributed by atoms with E-state index in [9.17, 15) is 0 Å². The van der Waals surface area contributed by atoms with Gasteiger partial charge >= 0.3 is 0 Å². The van der Waals surface area contributed by atoms with Gasteiger partial charge in [0.05, 0.1) is 5.75 Å². The summed E-state index contributed by atoms with van der Waals surface area (Å²) < 4.78 is 0. The molecule has 8 heteroatoms. The SMILES string of the molecule is CN=C(NC#N)NCCSCc1ncn[nH]1. The third kappa shape index (κ3) is 4.65. The van der Waals surface area contributed by atoms with Gasteiger partial charge in [-0.1, -0.05) is 0 Å². The molecular weight excluding hydrogens is 226 g/mol. The molecule has 0 unspecified atom stereocenters. The van der Waals surface area contributed by atoms with Crippen LogP contribution in [0.15, 0.2) is 11.3 Å². The fraction of sp³-hybridized carbons (Fsp3) is 0.500. The van der Waals surface area contributed by atoms with Crippen molar-refractivity contribution >= 4 is 17.7 Å². The fourth-order valence-electron chi connectivity index (χ4n) is 0.943. The zero-order valence-electron chi connectivity index (χ0n) is 8.90. The van der Waals surface area contributed by atoms with Crippen LogP contribution in [0.4, 0.5) is 0 Å². The predicted octanol–water partition coefficient (Wildman–Crippen LogP) is -0.316. The van der Waals surface area contributed by atoms with Crippen molar-refractivity contribution in [2.24, 2.45) is 4.99 Å². The Hall–Kier alpha value is -1.75. The first-order valence-corrected chi connectivity index (χ1v) is 5.80. The molecule has 0 aliphatic heterocycles. The molecule has 0 bridgehead atoms. The lowest BCUT2D eigenvalue weighted by Gasteiger charge is -2.05. The molecule has 3 N–H and O–H groups in total. The van der Waals surface area contributed by atoms with Gasteiger partial charge in [0.25, 0.3) is 0 Å². The van der Waals surface area contributed by atoms with Crippen molar-refractivity contribution in [3.8, 4) is 6.19 Å². The molecule has 0 fully saturated rings. The average Bonchev–Trinajstić information content (AvgIpc) is 2.80. The first-order chi connectivity index (χ1) is 7.86. The first kappa shape index (κ1) is 12.3. The summed E-state index contributed by atoms with van der Waals surface area (Å²) in [5.41, 5.74) is 0. The van der Waals surface area contributed by atoms with Gasteiger partial charge in [-0.2, -0.15) is 22.1 Å². The quantitative estimate of drug-likeness (QED) is 0.214. The van der Waals surface area contributed by atoms with Gasteiger partial charge in [-0.05, 0) is 0 Å². The Bertz CT molecular complexity index is 353. The molecule has 0 saturated carbocycles. The van der Waals surface area contributed by atoms with E-state index in [-0.39, 0.29) is 0 Å². The number of thioether (sulfide) groups is 1. The molecule has 7 nitrogen and oxygen atoms in total. The lowest BCUT2D eigenvalue weighted by atomic mass is 10.7. The summed E-state index contributed by atoms with van der Waals surface area (Å²) in [5, 5.41) is 20.4. The highest BCUT2D eigenvalue weighted by atomic mass is 32.2. The van der Waals surface area contributed by atoms with Gasteiger partial charge in [-0.15, -0.1) is 0 Å². The summed E-state index contributed by atoms with van der Waals surface area (Å²) in [6.07, 6.45) is 3.30. The zero-order chi connectivity index (χ0) is 11.6. The molecular formula is C8H13N7S. The summed E-state index contributed by atoms with van der Waals surface area (Å²) in [7, 11) is 1.62. The van der Waals surface area contributed by atoms with Crippen molar-refractivity contribution in [3.63, 3.8) is 0 Å². The van der Waals surface area contributed by atoms with E-state index in [4.69, 9.17) is 5.26 Å². The number of guanidine groups is 1. The topological polar surface area (TPSA) is 102 Å². The van der Waals surface area contributed by atoms with E-state index in [1.807, 2.05) is 6.19 Å². The Morgan fingerprint density at radius 3 is 3.25 bits per heavy atom. The number of nitrogens with one attached hydrogen (secondary N) is 3. The molecule has 1 aromatic rings. The fourth-order valence-corrected chi connectivity index (χ4v) is 1.67. The maximum atomic E-state index is 8.39. The van der Waals surface area contributed by atoms with Crippen molar-refractivity contribution in [2.45, 2.75) is 5.75 Å². The van der Waals surface area contributed by atoms with Crippen LogP contribution in [0.25, 0.3) is 0 Å². The Balaban J connectivity index is 2.06. The first-order valence-electron chi connectivity index (χ1n) is 4.64. The standard InChI is InChI=1S/C8H13N7S/c1-10-8(12-5-9)11-2-3-16-4-7-13-6-14-15-7/h6H,2-4H2,1H3,(H2,10,11,12)(H,13,14,15). The van der Waals surface area contributed by atoms with E-state index < -0.39 is 0 Å². The lowest BCUT2D eigenvalue weighted by Crippen LogP contribution is -2.35. The van der Waals surface area contributed by atoms with Crippen LogP contribution in [-0.4, -0.2) is 40.5 Å². The van der Waals surface area contributed by atoms with Gasteiger partial charge in [0.2, 0.25) is 5.96 Å². The molecule has 86 valence electrons. The highest BCUT2D eigenvalue weighted by Gasteiger charge is 1.97. The van der Waals surface area contributed by atoms with Crippen LogP contribution in [-0.2, 0) is 5.75 Å². The second kappa shape index (κ2) is 7.53. The van der Waals surface area contributed by atoms with Crippen molar-refractivity contribution in [1.82, 2.24) is 25.8 Å². The van der Waals surface area contributed by atoms with Gasteiger partial charge in [0.1, 0.15) is 12.2 Å². The van der Waals surface area contributed by atoms with Gasteiger partial charge in [0.15, 0.2) is 6.19 Å². The number of nitrogens with zero attached hydrogens (tertiary/aromatic N) is 4. The van der Waals surface area contributed by atoms with E-state index in [0.29, 0.717) is 5.96 Å². The second-order valence-electron chi connectivity index (χ2n) is 2.72. The van der Waals surface area contributed by atoms with Crippen LogP contribution >= 0.6 is 11.8 Å². The zero-order valence-corrected chi connectivity index (χ0v) is 9.71. The molecule has 0 aliphatic rings. The van der Waals surface area contributed by atoms with Crippen molar-refractivity contribution < 1.29 is 0 Å². The number of aromatic nitrogens is 3. The van der Waals surface area contributed by atoms with Gasteiger partial charge < -0.3 is 5.32 Å². The van der Waals surface area contributed by atoms with E-state index in [0.717, 1.165) is 23.9 Å². The second-order valence-corrected chi connectivity index (χ2v) is 3.83. The van der Waals surface area contributed by atoms with E-state index in [1.54, 1.807) is 18.8 Å².